The monoisotopic (exact) mass is 214 g/mol. The van der Waals surface area contributed by atoms with Gasteiger partial charge in [-0.15, -0.1) is 0 Å². The molecule has 1 aliphatic rings. The Hall–Kier alpha value is -0.540. The van der Waals surface area contributed by atoms with Gasteiger partial charge in [-0.1, -0.05) is 11.6 Å². The average Bonchev–Trinajstić information content (AvgIpc) is 2.88. The van der Waals surface area contributed by atoms with Gasteiger partial charge < -0.3 is 5.11 Å². The van der Waals surface area contributed by atoms with Crippen LogP contribution in [0.1, 0.15) is 24.1 Å². The third-order valence-corrected chi connectivity index (χ3v) is 3.59. The number of halogens is 1. The van der Waals surface area contributed by atoms with Gasteiger partial charge in [0.25, 0.3) is 0 Å². The minimum atomic E-state index is 0.109. The van der Waals surface area contributed by atoms with Gasteiger partial charge >= 0.3 is 0 Å². The normalized spacial score (nSPS) is 18.6. The van der Waals surface area contributed by atoms with Crippen LogP contribution in [-0.4, -0.2) is 21.5 Å². The summed E-state index contributed by atoms with van der Waals surface area (Å²) in [4.78, 5) is 0. The van der Waals surface area contributed by atoms with E-state index in [1.54, 1.807) is 4.68 Å². The number of hydrogen-bond donors (Lipinski definition) is 1. The van der Waals surface area contributed by atoms with Crippen LogP contribution in [0.2, 0.25) is 5.15 Å². The van der Waals surface area contributed by atoms with Gasteiger partial charge in [-0.2, -0.15) is 5.10 Å². The molecule has 1 aliphatic carbocycles. The first-order valence-electron chi connectivity index (χ1n) is 4.87. The van der Waals surface area contributed by atoms with Crippen molar-refractivity contribution in [2.24, 2.45) is 12.5 Å². The first-order chi connectivity index (χ1) is 6.58. The molecule has 0 amide bonds. The summed E-state index contributed by atoms with van der Waals surface area (Å²) in [5.74, 6) is 0. The highest BCUT2D eigenvalue weighted by molar-refractivity contribution is 6.30. The molecule has 1 aromatic rings. The molecule has 1 saturated carbocycles. The summed E-state index contributed by atoms with van der Waals surface area (Å²) in [6.07, 6.45) is 3.07. The Labute approximate surface area is 88.7 Å². The highest BCUT2D eigenvalue weighted by atomic mass is 35.5. The smallest absolute Gasteiger partial charge is 0.130 e. The summed E-state index contributed by atoms with van der Waals surface area (Å²) >= 11 is 6.12. The summed E-state index contributed by atoms with van der Waals surface area (Å²) in [6.45, 7) is 2.23. The molecule has 0 bridgehead atoms. The molecule has 0 saturated heterocycles. The van der Waals surface area contributed by atoms with Crippen LogP contribution in [0.25, 0.3) is 0 Å². The number of aryl methyl sites for hydroxylation is 2. The number of hydrogen-bond acceptors (Lipinski definition) is 2. The molecule has 0 spiro atoms. The molecule has 2 rings (SSSR count). The van der Waals surface area contributed by atoms with Crippen LogP contribution in [0.3, 0.4) is 0 Å². The summed E-state index contributed by atoms with van der Waals surface area (Å²) in [6, 6.07) is 0. The standard InChI is InChI=1S/C10H15ClN2O/c1-7-8(9(11)13(2)12-7)5-10(6-14)3-4-10/h14H,3-6H2,1-2H3. The van der Waals surface area contributed by atoms with Gasteiger partial charge in [-0.3, -0.25) is 4.68 Å². The van der Waals surface area contributed by atoms with Crippen molar-refractivity contribution in [2.45, 2.75) is 26.2 Å². The maximum Gasteiger partial charge on any atom is 0.130 e. The topological polar surface area (TPSA) is 38.0 Å². The van der Waals surface area contributed by atoms with Crippen LogP contribution in [0.5, 0.6) is 0 Å². The third-order valence-electron chi connectivity index (χ3n) is 3.11. The summed E-state index contributed by atoms with van der Waals surface area (Å²) in [7, 11) is 1.84. The van der Waals surface area contributed by atoms with E-state index < -0.39 is 0 Å². The molecule has 14 heavy (non-hydrogen) atoms. The second kappa shape index (κ2) is 3.24. The first kappa shape index (κ1) is 9.99. The highest BCUT2D eigenvalue weighted by Gasteiger charge is 2.43. The second-order valence-electron chi connectivity index (χ2n) is 4.31. The molecule has 0 atom stereocenters. The number of aromatic nitrogens is 2. The molecule has 1 aromatic heterocycles. The van der Waals surface area contributed by atoms with Crippen LogP contribution >= 0.6 is 11.6 Å². The Kier molecular flexibility index (Phi) is 2.32. The summed E-state index contributed by atoms with van der Waals surface area (Å²) < 4.78 is 1.69. The Morgan fingerprint density at radius 2 is 2.21 bits per heavy atom. The fourth-order valence-corrected chi connectivity index (χ4v) is 2.06. The van der Waals surface area contributed by atoms with Crippen LogP contribution in [0.15, 0.2) is 0 Å². The molecular weight excluding hydrogens is 200 g/mol. The van der Waals surface area contributed by atoms with Crippen molar-refractivity contribution in [3.63, 3.8) is 0 Å². The van der Waals surface area contributed by atoms with E-state index in [2.05, 4.69) is 5.10 Å². The predicted molar refractivity (Wildman–Crippen MR) is 55.4 cm³/mol. The van der Waals surface area contributed by atoms with Gasteiger partial charge in [0.05, 0.1) is 5.69 Å². The fourth-order valence-electron chi connectivity index (χ4n) is 1.82. The van der Waals surface area contributed by atoms with Gasteiger partial charge in [-0.25, -0.2) is 0 Å². The Morgan fingerprint density at radius 1 is 1.57 bits per heavy atom. The van der Waals surface area contributed by atoms with E-state index >= 15 is 0 Å². The van der Waals surface area contributed by atoms with Crippen molar-refractivity contribution < 1.29 is 5.11 Å². The molecular formula is C10H15ClN2O. The average molecular weight is 215 g/mol. The minimum Gasteiger partial charge on any atom is -0.396 e. The second-order valence-corrected chi connectivity index (χ2v) is 4.67. The fraction of sp³-hybridized carbons (Fsp3) is 0.700. The molecule has 78 valence electrons. The minimum absolute atomic E-state index is 0.109. The number of aliphatic hydroxyl groups is 1. The largest absolute Gasteiger partial charge is 0.396 e. The van der Waals surface area contributed by atoms with E-state index in [-0.39, 0.29) is 12.0 Å². The van der Waals surface area contributed by atoms with Gasteiger partial charge in [0.15, 0.2) is 0 Å². The molecule has 3 nitrogen and oxygen atoms in total. The lowest BCUT2D eigenvalue weighted by molar-refractivity contribution is 0.211. The molecule has 0 aromatic carbocycles. The molecule has 0 aliphatic heterocycles. The number of nitrogens with zero attached hydrogens (tertiary/aromatic N) is 2. The molecule has 1 heterocycles. The predicted octanol–water partition coefficient (Wildman–Crippen LogP) is 1.70. The zero-order valence-electron chi connectivity index (χ0n) is 8.55. The Morgan fingerprint density at radius 3 is 2.57 bits per heavy atom. The SMILES string of the molecule is Cc1nn(C)c(Cl)c1CC1(CO)CC1. The van der Waals surface area contributed by atoms with Crippen LogP contribution in [-0.2, 0) is 13.5 Å². The highest BCUT2D eigenvalue weighted by Crippen LogP contribution is 2.48. The summed E-state index contributed by atoms with van der Waals surface area (Å²) in [5.41, 5.74) is 2.19. The van der Waals surface area contributed by atoms with E-state index in [4.69, 9.17) is 11.6 Å². The van der Waals surface area contributed by atoms with Crippen molar-refractivity contribution >= 4 is 11.6 Å². The zero-order chi connectivity index (χ0) is 10.3. The number of aliphatic hydroxyl groups excluding tert-OH is 1. The van der Waals surface area contributed by atoms with Crippen molar-refractivity contribution in [3.8, 4) is 0 Å². The lowest BCUT2D eigenvalue weighted by Gasteiger charge is -2.10. The maximum atomic E-state index is 9.24. The van der Waals surface area contributed by atoms with E-state index in [1.807, 2.05) is 14.0 Å². The Bertz CT molecular complexity index is 355. The molecule has 4 heteroatoms. The van der Waals surface area contributed by atoms with E-state index in [9.17, 15) is 5.11 Å². The van der Waals surface area contributed by atoms with Gasteiger partial charge in [0, 0.05) is 19.2 Å². The van der Waals surface area contributed by atoms with E-state index in [0.717, 1.165) is 30.5 Å². The van der Waals surface area contributed by atoms with Crippen LogP contribution < -0.4 is 0 Å². The lowest BCUT2D eigenvalue weighted by atomic mass is 9.98. The molecule has 0 unspecified atom stereocenters. The van der Waals surface area contributed by atoms with Crippen molar-refractivity contribution in [3.05, 3.63) is 16.4 Å². The van der Waals surface area contributed by atoms with Gasteiger partial charge in [0.2, 0.25) is 0 Å². The van der Waals surface area contributed by atoms with Crippen molar-refractivity contribution in [1.29, 1.82) is 0 Å². The van der Waals surface area contributed by atoms with Crippen LogP contribution in [0, 0.1) is 12.3 Å². The molecule has 1 fully saturated rings. The van der Waals surface area contributed by atoms with Gasteiger partial charge in [0.1, 0.15) is 5.15 Å². The summed E-state index contributed by atoms with van der Waals surface area (Å²) in [5, 5.41) is 14.2. The van der Waals surface area contributed by atoms with Crippen LogP contribution in [0.4, 0.5) is 0 Å². The third kappa shape index (κ3) is 1.55. The van der Waals surface area contributed by atoms with E-state index in [0.29, 0.717) is 5.15 Å². The lowest BCUT2D eigenvalue weighted by Crippen LogP contribution is -2.10. The van der Waals surface area contributed by atoms with Crippen molar-refractivity contribution in [1.82, 2.24) is 9.78 Å². The van der Waals surface area contributed by atoms with Crippen molar-refractivity contribution in [2.75, 3.05) is 6.61 Å². The Balaban J connectivity index is 2.24. The first-order valence-corrected chi connectivity index (χ1v) is 5.25. The molecule has 0 radical (unpaired) electrons. The quantitative estimate of drug-likeness (QED) is 0.832. The molecule has 1 N–H and O–H groups in total. The maximum absolute atomic E-state index is 9.24. The van der Waals surface area contributed by atoms with Gasteiger partial charge in [-0.05, 0) is 31.6 Å². The van der Waals surface area contributed by atoms with E-state index in [1.165, 1.54) is 0 Å². The number of rotatable bonds is 3. The zero-order valence-corrected chi connectivity index (χ0v) is 9.30.